The lowest BCUT2D eigenvalue weighted by Gasteiger charge is -2.11. The third-order valence-electron chi connectivity index (χ3n) is 3.11. The number of fused-ring (bicyclic) bond motifs is 1. The molecule has 1 aromatic carbocycles. The molecule has 0 N–H and O–H groups in total. The number of rotatable bonds is 2. The number of nitriles is 1. The Morgan fingerprint density at radius 2 is 2.00 bits per heavy atom. The van der Waals surface area contributed by atoms with Crippen LogP contribution in [0.5, 0.6) is 0 Å². The fourth-order valence-electron chi connectivity index (χ4n) is 2.18. The van der Waals surface area contributed by atoms with E-state index in [0.717, 1.165) is 5.56 Å². The smallest absolute Gasteiger partial charge is 0.281 e. The number of nitrogens with zero attached hydrogens (tertiary/aromatic N) is 5. The molecule has 1 aromatic heterocycles. The van der Waals surface area contributed by atoms with Crippen LogP contribution < -0.4 is 10.5 Å². The first-order valence-corrected chi connectivity index (χ1v) is 5.96. The first-order chi connectivity index (χ1) is 9.31. The van der Waals surface area contributed by atoms with Gasteiger partial charge in [0.25, 0.3) is 5.56 Å². The summed E-state index contributed by atoms with van der Waals surface area (Å²) in [6.07, 6.45) is 0. The summed E-state index contributed by atoms with van der Waals surface area (Å²) in [4.78, 5) is 14.1. The molecule has 19 heavy (non-hydrogen) atoms. The van der Waals surface area contributed by atoms with Crippen LogP contribution in [0.3, 0.4) is 0 Å². The fourth-order valence-corrected chi connectivity index (χ4v) is 2.18. The van der Waals surface area contributed by atoms with Crippen molar-refractivity contribution in [3.05, 3.63) is 40.7 Å². The maximum atomic E-state index is 12.4. The van der Waals surface area contributed by atoms with Crippen molar-refractivity contribution in [2.45, 2.75) is 6.54 Å². The van der Waals surface area contributed by atoms with Crippen LogP contribution in [0.4, 0.5) is 5.95 Å². The van der Waals surface area contributed by atoms with E-state index in [1.807, 2.05) is 30.3 Å². The number of benzene rings is 1. The quantitative estimate of drug-likeness (QED) is 0.734. The molecule has 0 radical (unpaired) electrons. The first-order valence-electron chi connectivity index (χ1n) is 5.96. The molecule has 6 nitrogen and oxygen atoms in total. The van der Waals surface area contributed by atoms with Gasteiger partial charge in [-0.25, -0.2) is 0 Å². The standard InChI is InChI=1S/C13H11N5O/c14-6-7-17-8-9-18-12(19)11(15-16-13(17)18)10-4-2-1-3-5-10/h1-5H,7-9H2. The van der Waals surface area contributed by atoms with Crippen LogP contribution in [0.15, 0.2) is 35.1 Å². The van der Waals surface area contributed by atoms with Crippen LogP contribution in [-0.4, -0.2) is 27.9 Å². The highest BCUT2D eigenvalue weighted by atomic mass is 16.1. The number of aromatic nitrogens is 3. The molecule has 1 aliphatic heterocycles. The molecule has 0 bridgehead atoms. The monoisotopic (exact) mass is 253 g/mol. The van der Waals surface area contributed by atoms with E-state index in [1.165, 1.54) is 0 Å². The van der Waals surface area contributed by atoms with Crippen molar-refractivity contribution in [1.82, 2.24) is 14.8 Å². The zero-order valence-electron chi connectivity index (χ0n) is 10.2. The summed E-state index contributed by atoms with van der Waals surface area (Å²) in [5.74, 6) is 0.478. The molecule has 3 rings (SSSR count). The first kappa shape index (κ1) is 11.4. The molecule has 0 saturated heterocycles. The number of hydrogen-bond donors (Lipinski definition) is 0. The van der Waals surface area contributed by atoms with Crippen molar-refractivity contribution < 1.29 is 0 Å². The second-order valence-corrected chi connectivity index (χ2v) is 4.25. The van der Waals surface area contributed by atoms with Crippen LogP contribution in [0.1, 0.15) is 0 Å². The van der Waals surface area contributed by atoms with Gasteiger partial charge in [-0.05, 0) is 0 Å². The van der Waals surface area contributed by atoms with Crippen molar-refractivity contribution in [1.29, 1.82) is 5.26 Å². The Kier molecular flexibility index (Phi) is 2.72. The molecular formula is C13H11N5O. The minimum atomic E-state index is -0.156. The van der Waals surface area contributed by atoms with Gasteiger partial charge in [0, 0.05) is 18.7 Å². The van der Waals surface area contributed by atoms with Gasteiger partial charge in [0.15, 0.2) is 5.69 Å². The van der Waals surface area contributed by atoms with E-state index in [0.29, 0.717) is 24.7 Å². The second-order valence-electron chi connectivity index (χ2n) is 4.25. The van der Waals surface area contributed by atoms with E-state index in [1.54, 1.807) is 9.47 Å². The van der Waals surface area contributed by atoms with Crippen molar-refractivity contribution in [3.8, 4) is 17.3 Å². The van der Waals surface area contributed by atoms with Crippen LogP contribution in [-0.2, 0) is 6.54 Å². The van der Waals surface area contributed by atoms with Gasteiger partial charge in [0.1, 0.15) is 6.54 Å². The lowest BCUT2D eigenvalue weighted by atomic mass is 10.2. The highest BCUT2D eigenvalue weighted by Crippen LogP contribution is 2.17. The Balaban J connectivity index is 2.09. The molecule has 0 atom stereocenters. The molecule has 2 heterocycles. The lowest BCUT2D eigenvalue weighted by molar-refractivity contribution is 0.741. The summed E-state index contributed by atoms with van der Waals surface area (Å²) in [5.41, 5.74) is 0.953. The topological polar surface area (TPSA) is 74.8 Å². The minimum absolute atomic E-state index is 0.156. The van der Waals surface area contributed by atoms with Gasteiger partial charge in [0.2, 0.25) is 5.95 Å². The molecular weight excluding hydrogens is 242 g/mol. The molecule has 0 fully saturated rings. The molecule has 0 amide bonds. The van der Waals surface area contributed by atoms with Crippen molar-refractivity contribution in [2.24, 2.45) is 0 Å². The summed E-state index contributed by atoms with van der Waals surface area (Å²) in [7, 11) is 0. The van der Waals surface area contributed by atoms with Crippen LogP contribution in [0, 0.1) is 11.3 Å². The zero-order valence-corrected chi connectivity index (χ0v) is 10.2. The number of anilines is 1. The predicted molar refractivity (Wildman–Crippen MR) is 69.6 cm³/mol. The van der Waals surface area contributed by atoms with Crippen LogP contribution in [0.25, 0.3) is 11.3 Å². The maximum Gasteiger partial charge on any atom is 0.281 e. The maximum absolute atomic E-state index is 12.4. The molecule has 6 heteroatoms. The summed E-state index contributed by atoms with van der Waals surface area (Å²) in [6.45, 7) is 1.39. The van der Waals surface area contributed by atoms with Crippen molar-refractivity contribution >= 4 is 5.95 Å². The minimum Gasteiger partial charge on any atom is -0.326 e. The fraction of sp³-hybridized carbons (Fsp3) is 0.231. The third-order valence-corrected chi connectivity index (χ3v) is 3.11. The van der Waals surface area contributed by atoms with E-state index in [2.05, 4.69) is 16.3 Å². The predicted octanol–water partition coefficient (Wildman–Crippen LogP) is 0.649. The molecule has 2 aromatic rings. The van der Waals surface area contributed by atoms with E-state index in [-0.39, 0.29) is 12.1 Å². The number of hydrogen-bond acceptors (Lipinski definition) is 5. The highest BCUT2D eigenvalue weighted by molar-refractivity contribution is 5.58. The largest absolute Gasteiger partial charge is 0.326 e. The van der Waals surface area contributed by atoms with E-state index >= 15 is 0 Å². The van der Waals surface area contributed by atoms with Gasteiger partial charge in [-0.3, -0.25) is 9.36 Å². The summed E-state index contributed by atoms with van der Waals surface area (Å²) in [5, 5.41) is 16.8. The Morgan fingerprint density at radius 3 is 2.74 bits per heavy atom. The SMILES string of the molecule is N#CCN1CCn2c1nnc(-c1ccccc1)c2=O. The Morgan fingerprint density at radius 1 is 1.21 bits per heavy atom. The van der Waals surface area contributed by atoms with E-state index in [4.69, 9.17) is 5.26 Å². The Hall–Kier alpha value is -2.68. The summed E-state index contributed by atoms with van der Waals surface area (Å²) < 4.78 is 1.58. The summed E-state index contributed by atoms with van der Waals surface area (Å²) in [6, 6.07) is 11.3. The molecule has 0 unspecified atom stereocenters. The van der Waals surface area contributed by atoms with E-state index in [9.17, 15) is 4.79 Å². The lowest BCUT2D eigenvalue weighted by Crippen LogP contribution is -2.25. The zero-order chi connectivity index (χ0) is 13.2. The van der Waals surface area contributed by atoms with Gasteiger partial charge >= 0.3 is 0 Å². The molecule has 0 spiro atoms. The molecule has 0 aliphatic carbocycles. The van der Waals surface area contributed by atoms with Crippen molar-refractivity contribution in [3.63, 3.8) is 0 Å². The molecule has 1 aliphatic rings. The summed E-state index contributed by atoms with van der Waals surface area (Å²) >= 11 is 0. The third kappa shape index (κ3) is 1.85. The average Bonchev–Trinajstić information content (AvgIpc) is 2.85. The second kappa shape index (κ2) is 4.53. The highest BCUT2D eigenvalue weighted by Gasteiger charge is 2.23. The van der Waals surface area contributed by atoms with Gasteiger partial charge in [-0.15, -0.1) is 10.2 Å². The van der Waals surface area contributed by atoms with Crippen LogP contribution in [0.2, 0.25) is 0 Å². The van der Waals surface area contributed by atoms with Crippen LogP contribution >= 0.6 is 0 Å². The Bertz CT molecular complexity index is 701. The van der Waals surface area contributed by atoms with Gasteiger partial charge < -0.3 is 4.90 Å². The Labute approximate surface area is 109 Å². The van der Waals surface area contributed by atoms with E-state index < -0.39 is 0 Å². The molecule has 94 valence electrons. The van der Waals surface area contributed by atoms with Gasteiger partial charge in [-0.2, -0.15) is 5.26 Å². The average molecular weight is 253 g/mol. The van der Waals surface area contributed by atoms with Crippen molar-refractivity contribution in [2.75, 3.05) is 18.0 Å². The molecule has 0 saturated carbocycles. The van der Waals surface area contributed by atoms with Gasteiger partial charge in [-0.1, -0.05) is 30.3 Å². The normalized spacial score (nSPS) is 13.1. The van der Waals surface area contributed by atoms with Gasteiger partial charge in [0.05, 0.1) is 6.07 Å².